The minimum Gasteiger partial charge on any atom is -0.432 e. The van der Waals surface area contributed by atoms with E-state index in [1.807, 2.05) is 0 Å². The summed E-state index contributed by atoms with van der Waals surface area (Å²) in [6.45, 7) is -2.69. The topological polar surface area (TPSA) is 105 Å². The number of rotatable bonds is 7. The molecule has 1 amide bonds. The van der Waals surface area contributed by atoms with Crippen molar-refractivity contribution in [3.05, 3.63) is 60.1 Å². The zero-order valence-electron chi connectivity index (χ0n) is 17.8. The molecule has 2 aliphatic rings. The van der Waals surface area contributed by atoms with Crippen LogP contribution in [0.3, 0.4) is 0 Å². The van der Waals surface area contributed by atoms with Crippen LogP contribution in [0.2, 0.25) is 0 Å². The van der Waals surface area contributed by atoms with Crippen molar-refractivity contribution in [1.82, 2.24) is 19.9 Å². The molecule has 1 aliphatic heterocycles. The number of amides is 1. The highest BCUT2D eigenvalue weighted by atomic mass is 19.3. The molecule has 2 N–H and O–H groups in total. The lowest BCUT2D eigenvalue weighted by atomic mass is 10.2. The number of nitrogens with zero attached hydrogens (tertiary/aromatic N) is 5. The van der Waals surface area contributed by atoms with Crippen LogP contribution in [-0.2, 0) is 6.54 Å². The minimum atomic E-state index is -2.93. The molecule has 0 unspecified atom stereocenters. The summed E-state index contributed by atoms with van der Waals surface area (Å²) >= 11 is 0. The molecule has 0 radical (unpaired) electrons. The van der Waals surface area contributed by atoms with Gasteiger partial charge in [0.05, 0.1) is 42.1 Å². The molecule has 0 bridgehead atoms. The third-order valence-electron chi connectivity index (χ3n) is 5.76. The first kappa shape index (κ1) is 21.9. The quantitative estimate of drug-likeness (QED) is 0.539. The SMILES string of the molecule is O=C1c2cc(F)cnc2CN1c1cccnc1N[C@H]1CC[C@H](Nc2ncc(OC(F)F)cn2)C1. The van der Waals surface area contributed by atoms with E-state index in [0.717, 1.165) is 25.5 Å². The van der Waals surface area contributed by atoms with Gasteiger partial charge in [0.2, 0.25) is 5.95 Å². The number of fused-ring (bicyclic) bond motifs is 1. The van der Waals surface area contributed by atoms with E-state index < -0.39 is 12.4 Å². The summed E-state index contributed by atoms with van der Waals surface area (Å²) < 4.78 is 42.3. The molecule has 4 heterocycles. The Morgan fingerprint density at radius 1 is 1.06 bits per heavy atom. The second kappa shape index (κ2) is 9.12. The molecule has 2 atom stereocenters. The molecule has 1 saturated carbocycles. The van der Waals surface area contributed by atoms with Crippen LogP contribution in [0, 0.1) is 5.82 Å². The first-order valence-corrected chi connectivity index (χ1v) is 10.7. The molecular formula is C22H20F3N7O2. The Kier molecular flexibility index (Phi) is 5.86. The van der Waals surface area contributed by atoms with Gasteiger partial charge in [0.25, 0.3) is 5.91 Å². The predicted octanol–water partition coefficient (Wildman–Crippen LogP) is 3.61. The number of halogens is 3. The fourth-order valence-electron chi connectivity index (χ4n) is 4.24. The lowest BCUT2D eigenvalue weighted by Gasteiger charge is -2.22. The summed E-state index contributed by atoms with van der Waals surface area (Å²) in [6.07, 6.45) is 7.52. The van der Waals surface area contributed by atoms with E-state index in [4.69, 9.17) is 0 Å². The normalized spacial score (nSPS) is 19.4. The van der Waals surface area contributed by atoms with Crippen LogP contribution in [0.15, 0.2) is 43.0 Å². The van der Waals surface area contributed by atoms with Crippen molar-refractivity contribution in [2.45, 2.75) is 44.5 Å². The third kappa shape index (κ3) is 4.56. The second-order valence-electron chi connectivity index (χ2n) is 8.03. The molecule has 9 nitrogen and oxygen atoms in total. The molecule has 1 aliphatic carbocycles. The maximum absolute atomic E-state index is 13.6. The Bertz CT molecular complexity index is 1200. The van der Waals surface area contributed by atoms with Crippen molar-refractivity contribution < 1.29 is 22.7 Å². The summed E-state index contributed by atoms with van der Waals surface area (Å²) in [7, 11) is 0. The molecule has 1 fully saturated rings. The number of ether oxygens (including phenoxy) is 1. The van der Waals surface area contributed by atoms with Crippen LogP contribution in [0.25, 0.3) is 0 Å². The van der Waals surface area contributed by atoms with Crippen molar-refractivity contribution in [1.29, 1.82) is 0 Å². The number of carbonyl (C=O) groups is 1. The number of carbonyl (C=O) groups excluding carboxylic acids is 1. The Labute approximate surface area is 192 Å². The maximum atomic E-state index is 13.6. The van der Waals surface area contributed by atoms with Gasteiger partial charge in [-0.3, -0.25) is 14.7 Å². The zero-order chi connectivity index (χ0) is 23.7. The van der Waals surface area contributed by atoms with Crippen LogP contribution in [0.4, 0.5) is 30.6 Å². The molecule has 0 saturated heterocycles. The van der Waals surface area contributed by atoms with Crippen LogP contribution < -0.4 is 20.3 Å². The smallest absolute Gasteiger partial charge is 0.387 e. The van der Waals surface area contributed by atoms with Gasteiger partial charge in [-0.05, 0) is 37.5 Å². The second-order valence-corrected chi connectivity index (χ2v) is 8.03. The van der Waals surface area contributed by atoms with Gasteiger partial charge < -0.3 is 15.4 Å². The highest BCUT2D eigenvalue weighted by Crippen LogP contribution is 2.33. The summed E-state index contributed by atoms with van der Waals surface area (Å²) in [4.78, 5) is 30.9. The average Bonchev–Trinajstić information content (AvgIpc) is 3.39. The Hall–Kier alpha value is -3.96. The van der Waals surface area contributed by atoms with E-state index in [-0.39, 0.29) is 35.8 Å². The number of hydrogen-bond donors (Lipinski definition) is 2. The van der Waals surface area contributed by atoms with Crippen molar-refractivity contribution in [3.8, 4) is 5.75 Å². The minimum absolute atomic E-state index is 0.0661. The summed E-state index contributed by atoms with van der Waals surface area (Å²) in [6, 6.07) is 4.87. The molecule has 5 rings (SSSR count). The van der Waals surface area contributed by atoms with E-state index in [9.17, 15) is 18.0 Å². The summed E-state index contributed by atoms with van der Waals surface area (Å²) in [5.74, 6) is -0.0974. The number of anilines is 3. The number of alkyl halides is 2. The lowest BCUT2D eigenvalue weighted by Crippen LogP contribution is -2.27. The molecule has 3 aromatic heterocycles. The molecular weight excluding hydrogens is 451 g/mol. The maximum Gasteiger partial charge on any atom is 0.387 e. The first-order chi connectivity index (χ1) is 16.5. The number of aromatic nitrogens is 4. The summed E-state index contributed by atoms with van der Waals surface area (Å²) in [5, 5.41) is 6.60. The Morgan fingerprint density at radius 3 is 2.59 bits per heavy atom. The highest BCUT2D eigenvalue weighted by Gasteiger charge is 2.33. The Balaban J connectivity index is 1.23. The van der Waals surface area contributed by atoms with Crippen LogP contribution in [0.5, 0.6) is 5.75 Å². The Morgan fingerprint density at radius 2 is 1.82 bits per heavy atom. The molecule has 176 valence electrons. The largest absolute Gasteiger partial charge is 0.432 e. The van der Waals surface area contributed by atoms with Crippen molar-refractivity contribution in [3.63, 3.8) is 0 Å². The number of nitrogens with one attached hydrogen (secondary N) is 2. The van der Waals surface area contributed by atoms with Crippen molar-refractivity contribution >= 4 is 23.4 Å². The monoisotopic (exact) mass is 471 g/mol. The van der Waals surface area contributed by atoms with Gasteiger partial charge in [-0.15, -0.1) is 0 Å². The van der Waals surface area contributed by atoms with Crippen LogP contribution in [0.1, 0.15) is 35.3 Å². The van der Waals surface area contributed by atoms with Crippen LogP contribution in [-0.4, -0.2) is 44.5 Å². The van der Waals surface area contributed by atoms with Gasteiger partial charge in [0.1, 0.15) is 11.6 Å². The lowest BCUT2D eigenvalue weighted by molar-refractivity contribution is -0.0503. The predicted molar refractivity (Wildman–Crippen MR) is 116 cm³/mol. The third-order valence-corrected chi connectivity index (χ3v) is 5.76. The molecule has 0 aromatic carbocycles. The van der Waals surface area contributed by atoms with Crippen molar-refractivity contribution in [2.75, 3.05) is 15.5 Å². The van der Waals surface area contributed by atoms with E-state index in [1.165, 1.54) is 23.4 Å². The van der Waals surface area contributed by atoms with E-state index >= 15 is 0 Å². The fraction of sp³-hybridized carbons (Fsp3) is 0.318. The van der Waals surface area contributed by atoms with E-state index in [0.29, 0.717) is 23.1 Å². The number of hydrogen-bond acceptors (Lipinski definition) is 8. The highest BCUT2D eigenvalue weighted by molar-refractivity contribution is 6.10. The van der Waals surface area contributed by atoms with Gasteiger partial charge in [0, 0.05) is 18.3 Å². The van der Waals surface area contributed by atoms with E-state index in [2.05, 4.69) is 35.3 Å². The first-order valence-electron chi connectivity index (χ1n) is 10.7. The van der Waals surface area contributed by atoms with Crippen LogP contribution >= 0.6 is 0 Å². The zero-order valence-corrected chi connectivity index (χ0v) is 17.8. The standard InChI is InChI=1S/C22H20F3N7O2/c23-12-6-16-17(27-8-12)11-32(20(16)33)18-2-1-5-26-19(18)30-13-3-4-14(7-13)31-22-28-9-15(10-29-22)34-21(24)25/h1-2,5-6,8-10,13-14,21H,3-4,7,11H2,(H,26,30)(H,28,29,31)/t13-,14-/m0/s1. The molecule has 3 aromatic rings. The van der Waals surface area contributed by atoms with E-state index in [1.54, 1.807) is 18.3 Å². The van der Waals surface area contributed by atoms with Gasteiger partial charge >= 0.3 is 6.61 Å². The van der Waals surface area contributed by atoms with Crippen molar-refractivity contribution in [2.24, 2.45) is 0 Å². The number of pyridine rings is 2. The van der Waals surface area contributed by atoms with Gasteiger partial charge in [0.15, 0.2) is 5.75 Å². The van der Waals surface area contributed by atoms with Gasteiger partial charge in [-0.25, -0.2) is 19.3 Å². The molecule has 0 spiro atoms. The van der Waals surface area contributed by atoms with Gasteiger partial charge in [-0.2, -0.15) is 8.78 Å². The molecule has 34 heavy (non-hydrogen) atoms. The average molecular weight is 471 g/mol. The fourth-order valence-corrected chi connectivity index (χ4v) is 4.24. The summed E-state index contributed by atoms with van der Waals surface area (Å²) in [5.41, 5.74) is 1.38. The molecule has 12 heteroatoms. The van der Waals surface area contributed by atoms with Gasteiger partial charge in [-0.1, -0.05) is 0 Å².